The zero-order valence-electron chi connectivity index (χ0n) is 10.6. The van der Waals surface area contributed by atoms with E-state index in [4.69, 9.17) is 4.74 Å². The molecule has 4 unspecified atom stereocenters. The van der Waals surface area contributed by atoms with Crippen molar-refractivity contribution in [2.45, 2.75) is 51.3 Å². The minimum atomic E-state index is 0. The number of halogens is 1. The van der Waals surface area contributed by atoms with Gasteiger partial charge in [-0.25, -0.2) is 0 Å². The second kappa shape index (κ2) is 6.57. The van der Waals surface area contributed by atoms with Crippen LogP contribution in [-0.2, 0) is 9.53 Å². The Morgan fingerprint density at radius 3 is 2.88 bits per heavy atom. The summed E-state index contributed by atoms with van der Waals surface area (Å²) < 4.78 is 5.42. The summed E-state index contributed by atoms with van der Waals surface area (Å²) in [7, 11) is 0. The van der Waals surface area contributed by atoms with Crippen LogP contribution in [0.25, 0.3) is 0 Å². The summed E-state index contributed by atoms with van der Waals surface area (Å²) in [6.45, 7) is 5.85. The summed E-state index contributed by atoms with van der Waals surface area (Å²) in [4.78, 5) is 11.9. The molecule has 2 aliphatic rings. The third kappa shape index (κ3) is 4.12. The normalized spacial score (nSPS) is 35.9. The maximum Gasteiger partial charge on any atom is 0.226 e. The maximum atomic E-state index is 11.9. The molecule has 0 bridgehead atoms. The van der Waals surface area contributed by atoms with Crippen LogP contribution in [0.4, 0.5) is 0 Å². The molecule has 0 spiro atoms. The van der Waals surface area contributed by atoms with E-state index in [1.165, 1.54) is 0 Å². The summed E-state index contributed by atoms with van der Waals surface area (Å²) in [6, 6.07) is 0.868. The number of piperidine rings is 1. The molecule has 5 heteroatoms. The lowest BCUT2D eigenvalue weighted by atomic mass is 10.0. The van der Waals surface area contributed by atoms with E-state index in [9.17, 15) is 4.79 Å². The van der Waals surface area contributed by atoms with Crippen molar-refractivity contribution in [3.05, 3.63) is 0 Å². The molecular weight excluding hydrogens is 240 g/mol. The van der Waals surface area contributed by atoms with Crippen LogP contribution in [0.1, 0.15) is 33.1 Å². The number of carbonyl (C=O) groups excluding carboxylic acids is 1. The average molecular weight is 263 g/mol. The van der Waals surface area contributed by atoms with Gasteiger partial charge in [-0.2, -0.15) is 0 Å². The predicted molar refractivity (Wildman–Crippen MR) is 69.4 cm³/mol. The van der Waals surface area contributed by atoms with Gasteiger partial charge in [0.1, 0.15) is 0 Å². The molecule has 2 fully saturated rings. The molecule has 0 aromatic heterocycles. The summed E-state index contributed by atoms with van der Waals surface area (Å²) in [6.07, 6.45) is 3.17. The molecule has 1 aliphatic heterocycles. The monoisotopic (exact) mass is 262 g/mol. The third-order valence-electron chi connectivity index (χ3n) is 3.42. The fraction of sp³-hybridized carbons (Fsp3) is 0.917. The molecule has 17 heavy (non-hydrogen) atoms. The van der Waals surface area contributed by atoms with Crippen molar-refractivity contribution in [1.82, 2.24) is 10.6 Å². The van der Waals surface area contributed by atoms with Crippen molar-refractivity contribution in [1.29, 1.82) is 0 Å². The highest BCUT2D eigenvalue weighted by atomic mass is 35.5. The Balaban J connectivity index is 0.00000144. The number of carbonyl (C=O) groups is 1. The number of nitrogens with one attached hydrogen (secondary N) is 2. The van der Waals surface area contributed by atoms with Gasteiger partial charge in [-0.1, -0.05) is 0 Å². The Labute approximate surface area is 109 Å². The van der Waals surface area contributed by atoms with Crippen molar-refractivity contribution in [2.24, 2.45) is 5.92 Å². The van der Waals surface area contributed by atoms with Gasteiger partial charge < -0.3 is 15.4 Å². The van der Waals surface area contributed by atoms with E-state index in [2.05, 4.69) is 17.6 Å². The van der Waals surface area contributed by atoms with Gasteiger partial charge in [0.25, 0.3) is 0 Å². The van der Waals surface area contributed by atoms with Crippen molar-refractivity contribution in [3.8, 4) is 0 Å². The van der Waals surface area contributed by atoms with Crippen LogP contribution < -0.4 is 10.6 Å². The first-order chi connectivity index (χ1) is 7.70. The quantitative estimate of drug-likeness (QED) is 0.798. The Hall–Kier alpha value is -0.320. The smallest absolute Gasteiger partial charge is 0.226 e. The molecule has 0 aromatic carbocycles. The largest absolute Gasteiger partial charge is 0.378 e. The first-order valence-electron chi connectivity index (χ1n) is 6.36. The Morgan fingerprint density at radius 1 is 1.47 bits per heavy atom. The van der Waals surface area contributed by atoms with Crippen molar-refractivity contribution < 1.29 is 9.53 Å². The molecule has 100 valence electrons. The zero-order valence-corrected chi connectivity index (χ0v) is 11.4. The molecule has 1 aliphatic carbocycles. The van der Waals surface area contributed by atoms with Gasteiger partial charge in [0, 0.05) is 18.7 Å². The molecule has 2 rings (SSSR count). The van der Waals surface area contributed by atoms with Crippen LogP contribution >= 0.6 is 12.4 Å². The Bertz CT molecular complexity index is 263. The number of rotatable bonds is 4. The van der Waals surface area contributed by atoms with Crippen molar-refractivity contribution in [3.63, 3.8) is 0 Å². The summed E-state index contributed by atoms with van der Waals surface area (Å²) >= 11 is 0. The zero-order chi connectivity index (χ0) is 11.5. The number of ether oxygens (including phenoxy) is 1. The summed E-state index contributed by atoms with van der Waals surface area (Å²) in [5.41, 5.74) is 0. The minimum Gasteiger partial charge on any atom is -0.378 e. The molecule has 0 aromatic rings. The maximum absolute atomic E-state index is 11.9. The second-order valence-corrected chi connectivity index (χ2v) is 4.92. The summed E-state index contributed by atoms with van der Waals surface area (Å²) in [5.74, 6) is 0.308. The van der Waals surface area contributed by atoms with Crippen molar-refractivity contribution >= 4 is 18.3 Å². The van der Waals surface area contributed by atoms with Gasteiger partial charge in [0.15, 0.2) is 0 Å². The van der Waals surface area contributed by atoms with Gasteiger partial charge >= 0.3 is 0 Å². The molecule has 1 heterocycles. The van der Waals surface area contributed by atoms with Gasteiger partial charge in [0.2, 0.25) is 5.91 Å². The molecular formula is C12H23ClN2O2. The fourth-order valence-corrected chi connectivity index (χ4v) is 2.42. The van der Waals surface area contributed by atoms with E-state index in [-0.39, 0.29) is 30.3 Å². The highest BCUT2D eigenvalue weighted by molar-refractivity contribution is 5.85. The van der Waals surface area contributed by atoms with Crippen LogP contribution in [-0.4, -0.2) is 37.2 Å². The Kier molecular flexibility index (Phi) is 5.70. The second-order valence-electron chi connectivity index (χ2n) is 4.92. The molecule has 2 N–H and O–H groups in total. The van der Waals surface area contributed by atoms with E-state index in [1.807, 2.05) is 6.92 Å². The average Bonchev–Trinajstić information content (AvgIpc) is 2.98. The number of amides is 1. The number of hydrogen-bond donors (Lipinski definition) is 2. The molecule has 4 atom stereocenters. The standard InChI is InChI=1S/C12H22N2O2.ClH/c1-3-16-11-7-10(11)12(15)14-9-4-5-13-8(2)6-9;/h8-11,13H,3-7H2,1-2H3,(H,14,15);1H. The molecule has 1 saturated carbocycles. The highest BCUT2D eigenvalue weighted by Gasteiger charge is 2.44. The van der Waals surface area contributed by atoms with E-state index < -0.39 is 0 Å². The predicted octanol–water partition coefficient (Wildman–Crippen LogP) is 1.09. The van der Waals surface area contributed by atoms with Gasteiger partial charge in [-0.15, -0.1) is 12.4 Å². The van der Waals surface area contributed by atoms with E-state index in [0.717, 1.165) is 25.8 Å². The first-order valence-corrected chi connectivity index (χ1v) is 6.36. The van der Waals surface area contributed by atoms with Crippen LogP contribution in [0.5, 0.6) is 0 Å². The molecule has 1 amide bonds. The topological polar surface area (TPSA) is 50.4 Å². The van der Waals surface area contributed by atoms with Crippen LogP contribution in [0, 0.1) is 5.92 Å². The molecule has 1 saturated heterocycles. The van der Waals surface area contributed by atoms with E-state index in [0.29, 0.717) is 18.7 Å². The highest BCUT2D eigenvalue weighted by Crippen LogP contribution is 2.34. The van der Waals surface area contributed by atoms with Crippen LogP contribution in [0.3, 0.4) is 0 Å². The lowest BCUT2D eigenvalue weighted by Crippen LogP contribution is -2.47. The Morgan fingerprint density at radius 2 is 2.24 bits per heavy atom. The molecule has 4 nitrogen and oxygen atoms in total. The van der Waals surface area contributed by atoms with Crippen LogP contribution in [0.2, 0.25) is 0 Å². The number of hydrogen-bond acceptors (Lipinski definition) is 3. The van der Waals surface area contributed by atoms with Gasteiger partial charge in [-0.3, -0.25) is 4.79 Å². The first kappa shape index (κ1) is 14.7. The van der Waals surface area contributed by atoms with Crippen LogP contribution in [0.15, 0.2) is 0 Å². The van der Waals surface area contributed by atoms with Gasteiger partial charge in [-0.05, 0) is 39.7 Å². The SMILES string of the molecule is CCOC1CC1C(=O)NC1CCNC(C)C1.Cl. The lowest BCUT2D eigenvalue weighted by molar-refractivity contribution is -0.124. The van der Waals surface area contributed by atoms with Gasteiger partial charge in [0.05, 0.1) is 12.0 Å². The minimum absolute atomic E-state index is 0. The fourth-order valence-electron chi connectivity index (χ4n) is 2.42. The van der Waals surface area contributed by atoms with E-state index >= 15 is 0 Å². The summed E-state index contributed by atoms with van der Waals surface area (Å²) in [5, 5.41) is 6.52. The van der Waals surface area contributed by atoms with Crippen molar-refractivity contribution in [2.75, 3.05) is 13.2 Å². The lowest BCUT2D eigenvalue weighted by Gasteiger charge is -2.28. The molecule has 0 radical (unpaired) electrons. The third-order valence-corrected chi connectivity index (χ3v) is 3.42. The van der Waals surface area contributed by atoms with E-state index in [1.54, 1.807) is 0 Å².